The fourth-order valence-electron chi connectivity index (χ4n) is 6.66. The van der Waals surface area contributed by atoms with E-state index in [1.807, 2.05) is 6.26 Å². The number of aliphatic hydroxyl groups is 1. The first-order valence-corrected chi connectivity index (χ1v) is 19.1. The lowest BCUT2D eigenvalue weighted by Crippen LogP contribution is -2.48. The molecule has 216 valence electrons. The van der Waals surface area contributed by atoms with Gasteiger partial charge in [0.2, 0.25) is 0 Å². The minimum absolute atomic E-state index is 0.0000116. The molecule has 0 aromatic carbocycles. The summed E-state index contributed by atoms with van der Waals surface area (Å²) in [6.45, 7) is 15.9. The van der Waals surface area contributed by atoms with Crippen LogP contribution in [0.2, 0.25) is 18.1 Å². The summed E-state index contributed by atoms with van der Waals surface area (Å²) in [6.07, 6.45) is 15.3. The quantitative estimate of drug-likeness (QED) is 0.247. The standard InChI is InChI=1S/C31H52O5SSi/c1-20-16-22-11-10-21(2)25(28(22)26(17-20)35-29(33)31(37-6)14-9-15-31)13-12-23-18-24(19-27(32)34-23)36-38(7,8)30(3,4)5/h10-11,16,20-21,23-28,32H,9,12-15,17-19H2,1-8H3/t20-,21-,23+,24+,25-,26-,27?,28-/m0/s1. The van der Waals surface area contributed by atoms with Gasteiger partial charge in [0, 0.05) is 12.3 Å². The van der Waals surface area contributed by atoms with Gasteiger partial charge in [-0.25, -0.2) is 0 Å². The Bertz CT molecular complexity index is 899. The van der Waals surface area contributed by atoms with Gasteiger partial charge in [-0.2, -0.15) is 0 Å². The molecule has 1 saturated carbocycles. The zero-order chi connectivity index (χ0) is 27.9. The van der Waals surface area contributed by atoms with Crippen LogP contribution in [-0.2, 0) is 18.7 Å². The molecule has 1 saturated heterocycles. The lowest BCUT2D eigenvalue weighted by molar-refractivity contribution is -0.189. The fourth-order valence-corrected chi connectivity index (χ4v) is 8.95. The van der Waals surface area contributed by atoms with Gasteiger partial charge in [0.15, 0.2) is 14.6 Å². The first kappa shape index (κ1) is 30.4. The molecular formula is C31H52O5SSi. The maximum atomic E-state index is 13.3. The summed E-state index contributed by atoms with van der Waals surface area (Å²) in [6, 6.07) is 0. The van der Waals surface area contributed by atoms with Crippen LogP contribution in [0.3, 0.4) is 0 Å². The SMILES string of the molecule is CSC1(C(=O)O[C@H]2C[C@@H](C)C=C3C=C[C@H](C)[C@H](CC[C@@H]4C[C@@H](O[Si](C)(C)C(C)(C)C)CC(O)O4)[C@H]32)CCC1. The molecule has 0 aromatic heterocycles. The van der Waals surface area contributed by atoms with Crippen LogP contribution in [0, 0.1) is 23.7 Å². The number of rotatable bonds is 8. The minimum Gasteiger partial charge on any atom is -0.461 e. The molecule has 38 heavy (non-hydrogen) atoms. The maximum absolute atomic E-state index is 13.3. The molecule has 2 fully saturated rings. The summed E-state index contributed by atoms with van der Waals surface area (Å²) in [4.78, 5) is 13.3. The van der Waals surface area contributed by atoms with Crippen LogP contribution < -0.4 is 0 Å². The van der Waals surface area contributed by atoms with Crippen molar-refractivity contribution >= 4 is 26.0 Å². The zero-order valence-electron chi connectivity index (χ0n) is 25.0. The Morgan fingerprint density at radius 1 is 1.18 bits per heavy atom. The highest BCUT2D eigenvalue weighted by molar-refractivity contribution is 8.00. The number of hydrogen-bond donors (Lipinski definition) is 1. The van der Waals surface area contributed by atoms with Crippen molar-refractivity contribution in [1.82, 2.24) is 0 Å². The number of carbonyl (C=O) groups excluding carboxylic acids is 1. The number of carbonyl (C=O) groups is 1. The lowest BCUT2D eigenvalue weighted by atomic mass is 9.65. The second kappa shape index (κ2) is 11.7. The molecule has 0 bridgehead atoms. The number of ether oxygens (including phenoxy) is 2. The van der Waals surface area contributed by atoms with E-state index in [1.54, 1.807) is 11.8 Å². The van der Waals surface area contributed by atoms with Gasteiger partial charge < -0.3 is 19.0 Å². The maximum Gasteiger partial charge on any atom is 0.322 e. The lowest BCUT2D eigenvalue weighted by Gasteiger charge is -2.46. The van der Waals surface area contributed by atoms with E-state index < -0.39 is 14.6 Å². The number of hydrogen-bond acceptors (Lipinski definition) is 6. The molecule has 4 aliphatic rings. The van der Waals surface area contributed by atoms with Gasteiger partial charge in [0.05, 0.1) is 12.2 Å². The van der Waals surface area contributed by atoms with Crippen molar-refractivity contribution in [1.29, 1.82) is 0 Å². The van der Waals surface area contributed by atoms with Crippen molar-refractivity contribution in [2.75, 3.05) is 6.26 Å². The Labute approximate surface area is 236 Å². The Hall–Kier alpha value is -0.603. The Kier molecular flexibility index (Phi) is 9.36. The molecule has 1 aliphatic heterocycles. The molecule has 4 rings (SSSR count). The number of allylic oxidation sites excluding steroid dienone is 3. The van der Waals surface area contributed by atoms with Crippen molar-refractivity contribution in [3.8, 4) is 0 Å². The molecule has 0 radical (unpaired) electrons. The van der Waals surface area contributed by atoms with E-state index in [0.29, 0.717) is 24.2 Å². The monoisotopic (exact) mass is 564 g/mol. The van der Waals surface area contributed by atoms with Crippen LogP contribution in [0.15, 0.2) is 23.8 Å². The molecule has 7 heteroatoms. The Balaban J connectivity index is 1.45. The van der Waals surface area contributed by atoms with E-state index in [2.05, 4.69) is 65.9 Å². The van der Waals surface area contributed by atoms with Crippen molar-refractivity contribution in [2.45, 2.75) is 133 Å². The zero-order valence-corrected chi connectivity index (χ0v) is 26.8. The molecule has 0 amide bonds. The van der Waals surface area contributed by atoms with Crippen molar-refractivity contribution in [3.05, 3.63) is 23.8 Å². The average molecular weight is 565 g/mol. The fraction of sp³-hybridized carbons (Fsp3) is 0.839. The molecule has 0 aromatic rings. The highest BCUT2D eigenvalue weighted by Gasteiger charge is 2.49. The average Bonchev–Trinajstić information content (AvgIpc) is 2.76. The van der Waals surface area contributed by atoms with Gasteiger partial charge in [-0.15, -0.1) is 11.8 Å². The van der Waals surface area contributed by atoms with Gasteiger partial charge in [-0.05, 0) is 92.7 Å². The summed E-state index contributed by atoms with van der Waals surface area (Å²) in [5.41, 5.74) is 1.33. The number of aliphatic hydroxyl groups excluding tert-OH is 1. The summed E-state index contributed by atoms with van der Waals surface area (Å²) in [5, 5.41) is 10.7. The van der Waals surface area contributed by atoms with Gasteiger partial charge >= 0.3 is 5.97 Å². The van der Waals surface area contributed by atoms with E-state index in [9.17, 15) is 9.90 Å². The molecule has 1 heterocycles. The highest BCUT2D eigenvalue weighted by atomic mass is 32.2. The third-order valence-corrected chi connectivity index (χ3v) is 16.1. The van der Waals surface area contributed by atoms with Crippen LogP contribution >= 0.6 is 11.8 Å². The first-order chi connectivity index (χ1) is 17.7. The molecule has 5 nitrogen and oxygen atoms in total. The first-order valence-electron chi connectivity index (χ1n) is 14.9. The van der Waals surface area contributed by atoms with E-state index in [4.69, 9.17) is 13.9 Å². The van der Waals surface area contributed by atoms with Gasteiger partial charge in [-0.3, -0.25) is 4.79 Å². The molecule has 1 unspecified atom stereocenters. The topological polar surface area (TPSA) is 65.0 Å². The third-order valence-electron chi connectivity index (χ3n) is 10.2. The largest absolute Gasteiger partial charge is 0.461 e. The van der Waals surface area contributed by atoms with Gasteiger partial charge in [0.25, 0.3) is 0 Å². The number of esters is 1. The summed E-state index contributed by atoms with van der Waals surface area (Å²) in [7, 11) is -1.92. The summed E-state index contributed by atoms with van der Waals surface area (Å²) < 4.78 is 18.8. The summed E-state index contributed by atoms with van der Waals surface area (Å²) in [5.74, 6) is 1.40. The summed E-state index contributed by atoms with van der Waals surface area (Å²) >= 11 is 1.67. The van der Waals surface area contributed by atoms with E-state index in [1.165, 1.54) is 5.57 Å². The van der Waals surface area contributed by atoms with Crippen LogP contribution in [0.4, 0.5) is 0 Å². The molecule has 0 spiro atoms. The van der Waals surface area contributed by atoms with Crippen LogP contribution in [0.5, 0.6) is 0 Å². The number of fused-ring (bicyclic) bond motifs is 1. The van der Waals surface area contributed by atoms with E-state index in [-0.39, 0.29) is 40.0 Å². The molecular weight excluding hydrogens is 512 g/mol. The number of thioether (sulfide) groups is 1. The molecule has 8 atom stereocenters. The third kappa shape index (κ3) is 6.48. The van der Waals surface area contributed by atoms with Crippen LogP contribution in [-0.4, -0.2) is 55.0 Å². The van der Waals surface area contributed by atoms with Crippen molar-refractivity contribution in [3.63, 3.8) is 0 Å². The normalized spacial score (nSPS) is 37.1. The molecule has 3 aliphatic carbocycles. The Morgan fingerprint density at radius 3 is 2.50 bits per heavy atom. The second-order valence-corrected chi connectivity index (χ2v) is 20.0. The molecule has 1 N–H and O–H groups in total. The Morgan fingerprint density at radius 2 is 1.89 bits per heavy atom. The van der Waals surface area contributed by atoms with Crippen LogP contribution in [0.25, 0.3) is 0 Å². The predicted molar refractivity (Wildman–Crippen MR) is 159 cm³/mol. The van der Waals surface area contributed by atoms with Gasteiger partial charge in [0.1, 0.15) is 10.9 Å². The minimum atomic E-state index is -1.92. The van der Waals surface area contributed by atoms with E-state index >= 15 is 0 Å². The highest BCUT2D eigenvalue weighted by Crippen LogP contribution is 2.48. The smallest absolute Gasteiger partial charge is 0.322 e. The van der Waals surface area contributed by atoms with Gasteiger partial charge in [-0.1, -0.05) is 52.8 Å². The van der Waals surface area contributed by atoms with Crippen molar-refractivity contribution in [2.24, 2.45) is 23.7 Å². The van der Waals surface area contributed by atoms with Crippen molar-refractivity contribution < 1.29 is 23.8 Å². The van der Waals surface area contributed by atoms with Crippen LogP contribution in [0.1, 0.15) is 86.0 Å². The van der Waals surface area contributed by atoms with E-state index in [0.717, 1.165) is 44.9 Å². The predicted octanol–water partition coefficient (Wildman–Crippen LogP) is 7.26. The second-order valence-electron chi connectivity index (χ2n) is 14.0.